The quantitative estimate of drug-likeness (QED) is 0.803. The zero-order valence-electron chi connectivity index (χ0n) is 12.3. The molecule has 1 aliphatic rings. The Kier molecular flexibility index (Phi) is 4.59. The van der Waals surface area contributed by atoms with Gasteiger partial charge in [-0.3, -0.25) is 4.90 Å². The standard InChI is InChI=1S/C14H29FN2/c1-13(2,3)11-10-17(8-7-15)12(9-16-11)14(4,5)6/h11-12,16H,7-10H2,1-6H3. The number of halogens is 1. The lowest BCUT2D eigenvalue weighted by Crippen LogP contribution is -2.63. The molecule has 0 bridgehead atoms. The minimum atomic E-state index is -0.247. The first-order valence-corrected chi connectivity index (χ1v) is 6.69. The molecule has 0 aromatic rings. The van der Waals surface area contributed by atoms with Gasteiger partial charge in [-0.25, -0.2) is 4.39 Å². The fraction of sp³-hybridized carbons (Fsp3) is 1.00. The lowest BCUT2D eigenvalue weighted by molar-refractivity contribution is 0.0269. The summed E-state index contributed by atoms with van der Waals surface area (Å²) in [6, 6.07) is 0.879. The molecule has 0 spiro atoms. The monoisotopic (exact) mass is 244 g/mol. The van der Waals surface area contributed by atoms with Gasteiger partial charge >= 0.3 is 0 Å². The Labute approximate surface area is 106 Å². The molecule has 0 amide bonds. The van der Waals surface area contributed by atoms with Crippen molar-refractivity contribution in [1.82, 2.24) is 10.2 Å². The summed E-state index contributed by atoms with van der Waals surface area (Å²) in [4.78, 5) is 2.33. The van der Waals surface area contributed by atoms with Gasteiger partial charge in [0.1, 0.15) is 6.67 Å². The van der Waals surface area contributed by atoms with Gasteiger partial charge in [0.05, 0.1) is 0 Å². The molecule has 1 heterocycles. The molecule has 1 aliphatic heterocycles. The van der Waals surface area contributed by atoms with Crippen molar-refractivity contribution in [1.29, 1.82) is 0 Å². The van der Waals surface area contributed by atoms with E-state index in [0.717, 1.165) is 13.1 Å². The predicted octanol–water partition coefficient (Wildman–Crippen LogP) is 2.69. The van der Waals surface area contributed by atoms with Crippen LogP contribution in [0.3, 0.4) is 0 Å². The Bertz CT molecular complexity index is 240. The molecule has 0 aromatic carbocycles. The first kappa shape index (κ1) is 14.9. The van der Waals surface area contributed by atoms with E-state index in [1.165, 1.54) is 0 Å². The van der Waals surface area contributed by atoms with Crippen LogP contribution in [0.15, 0.2) is 0 Å². The van der Waals surface area contributed by atoms with E-state index in [9.17, 15) is 4.39 Å². The molecular weight excluding hydrogens is 215 g/mol. The second kappa shape index (κ2) is 5.23. The van der Waals surface area contributed by atoms with Gasteiger partial charge in [0.15, 0.2) is 0 Å². The summed E-state index contributed by atoms with van der Waals surface area (Å²) >= 11 is 0. The highest BCUT2D eigenvalue weighted by Crippen LogP contribution is 2.30. The first-order valence-electron chi connectivity index (χ1n) is 6.69. The van der Waals surface area contributed by atoms with Crippen LogP contribution in [0.1, 0.15) is 41.5 Å². The molecule has 0 aliphatic carbocycles. The van der Waals surface area contributed by atoms with Crippen molar-refractivity contribution in [3.8, 4) is 0 Å². The average Bonchev–Trinajstić information content (AvgIpc) is 2.15. The molecule has 1 rings (SSSR count). The van der Waals surface area contributed by atoms with Crippen molar-refractivity contribution in [3.05, 3.63) is 0 Å². The Balaban J connectivity index is 2.74. The number of hydrogen-bond acceptors (Lipinski definition) is 2. The van der Waals surface area contributed by atoms with E-state index >= 15 is 0 Å². The van der Waals surface area contributed by atoms with Gasteiger partial charge in [-0.2, -0.15) is 0 Å². The normalized spacial score (nSPS) is 28.4. The molecule has 102 valence electrons. The van der Waals surface area contributed by atoms with E-state index in [-0.39, 0.29) is 17.5 Å². The summed E-state index contributed by atoms with van der Waals surface area (Å²) in [6.45, 7) is 15.7. The van der Waals surface area contributed by atoms with Crippen molar-refractivity contribution in [2.24, 2.45) is 10.8 Å². The second-order valence-corrected chi connectivity index (χ2v) is 7.39. The third-order valence-electron chi connectivity index (χ3n) is 3.83. The first-order chi connectivity index (χ1) is 7.66. The van der Waals surface area contributed by atoms with Crippen molar-refractivity contribution in [3.63, 3.8) is 0 Å². The molecule has 2 nitrogen and oxygen atoms in total. The molecule has 0 saturated carbocycles. The van der Waals surface area contributed by atoms with Gasteiger partial charge < -0.3 is 5.32 Å². The highest BCUT2D eigenvalue weighted by molar-refractivity contribution is 4.95. The second-order valence-electron chi connectivity index (χ2n) is 7.39. The van der Waals surface area contributed by atoms with Gasteiger partial charge in [-0.05, 0) is 10.8 Å². The van der Waals surface area contributed by atoms with Crippen LogP contribution < -0.4 is 5.32 Å². The number of rotatable bonds is 2. The summed E-state index contributed by atoms with van der Waals surface area (Å²) < 4.78 is 12.7. The minimum Gasteiger partial charge on any atom is -0.311 e. The topological polar surface area (TPSA) is 15.3 Å². The molecule has 17 heavy (non-hydrogen) atoms. The summed E-state index contributed by atoms with van der Waals surface area (Å²) in [7, 11) is 0. The van der Waals surface area contributed by atoms with Crippen LogP contribution in [-0.2, 0) is 0 Å². The third kappa shape index (κ3) is 3.92. The SMILES string of the molecule is CC(C)(C)C1CN(CCF)C(C(C)(C)C)CN1. The number of alkyl halides is 1. The van der Waals surface area contributed by atoms with Crippen molar-refractivity contribution < 1.29 is 4.39 Å². The molecule has 3 heteroatoms. The van der Waals surface area contributed by atoms with E-state index in [1.54, 1.807) is 0 Å². The zero-order chi connectivity index (χ0) is 13.3. The maximum absolute atomic E-state index is 12.7. The molecule has 0 radical (unpaired) electrons. The number of nitrogens with zero attached hydrogens (tertiary/aromatic N) is 1. The number of nitrogens with one attached hydrogen (secondary N) is 1. The molecule has 1 N–H and O–H groups in total. The molecule has 0 aromatic heterocycles. The highest BCUT2D eigenvalue weighted by atomic mass is 19.1. The van der Waals surface area contributed by atoms with E-state index < -0.39 is 0 Å². The van der Waals surface area contributed by atoms with Crippen molar-refractivity contribution in [2.75, 3.05) is 26.3 Å². The average molecular weight is 244 g/mol. The lowest BCUT2D eigenvalue weighted by Gasteiger charge is -2.49. The smallest absolute Gasteiger partial charge is 0.102 e. The van der Waals surface area contributed by atoms with Crippen molar-refractivity contribution in [2.45, 2.75) is 53.6 Å². The molecule has 1 fully saturated rings. The zero-order valence-corrected chi connectivity index (χ0v) is 12.3. The fourth-order valence-corrected chi connectivity index (χ4v) is 2.60. The Morgan fingerprint density at radius 3 is 2.12 bits per heavy atom. The highest BCUT2D eigenvalue weighted by Gasteiger charge is 2.38. The summed E-state index contributed by atoms with van der Waals surface area (Å²) in [6.07, 6.45) is 0. The van der Waals surface area contributed by atoms with E-state index in [0.29, 0.717) is 18.6 Å². The maximum atomic E-state index is 12.7. The van der Waals surface area contributed by atoms with Crippen LogP contribution in [0, 0.1) is 10.8 Å². The van der Waals surface area contributed by atoms with Gasteiger partial charge in [0.2, 0.25) is 0 Å². The largest absolute Gasteiger partial charge is 0.311 e. The summed E-state index contributed by atoms with van der Waals surface area (Å²) in [5, 5.41) is 3.64. The van der Waals surface area contributed by atoms with Crippen molar-refractivity contribution >= 4 is 0 Å². The molecule has 2 atom stereocenters. The Hall–Kier alpha value is -0.150. The molecular formula is C14H29FN2. The molecule has 1 saturated heterocycles. The van der Waals surface area contributed by atoms with Crippen LogP contribution in [0.5, 0.6) is 0 Å². The maximum Gasteiger partial charge on any atom is 0.102 e. The van der Waals surface area contributed by atoms with E-state index in [4.69, 9.17) is 0 Å². The molecule has 2 unspecified atom stereocenters. The predicted molar refractivity (Wildman–Crippen MR) is 72.0 cm³/mol. The van der Waals surface area contributed by atoms with Gasteiger partial charge in [0.25, 0.3) is 0 Å². The van der Waals surface area contributed by atoms with Gasteiger partial charge in [-0.1, -0.05) is 41.5 Å². The minimum absolute atomic E-state index is 0.199. The van der Waals surface area contributed by atoms with Crippen LogP contribution in [-0.4, -0.2) is 43.3 Å². The fourth-order valence-electron chi connectivity index (χ4n) is 2.60. The van der Waals surface area contributed by atoms with Crippen LogP contribution in [0.4, 0.5) is 4.39 Å². The Morgan fingerprint density at radius 2 is 1.71 bits per heavy atom. The van der Waals surface area contributed by atoms with Crippen LogP contribution in [0.25, 0.3) is 0 Å². The van der Waals surface area contributed by atoms with Gasteiger partial charge in [-0.15, -0.1) is 0 Å². The third-order valence-corrected chi connectivity index (χ3v) is 3.83. The van der Waals surface area contributed by atoms with E-state index in [1.807, 2.05) is 0 Å². The van der Waals surface area contributed by atoms with Crippen LogP contribution in [0.2, 0.25) is 0 Å². The Morgan fingerprint density at radius 1 is 1.12 bits per heavy atom. The lowest BCUT2D eigenvalue weighted by atomic mass is 9.79. The van der Waals surface area contributed by atoms with Crippen LogP contribution >= 0.6 is 0 Å². The number of hydrogen-bond donors (Lipinski definition) is 1. The summed E-state index contributed by atoms with van der Waals surface area (Å²) in [5.41, 5.74) is 0.433. The number of piperazine rings is 1. The van der Waals surface area contributed by atoms with Gasteiger partial charge in [0, 0.05) is 31.7 Å². The van der Waals surface area contributed by atoms with E-state index in [2.05, 4.69) is 51.8 Å². The summed E-state index contributed by atoms with van der Waals surface area (Å²) in [5.74, 6) is 0.